The van der Waals surface area contributed by atoms with E-state index in [-0.39, 0.29) is 23.3 Å². The van der Waals surface area contributed by atoms with E-state index in [1.165, 1.54) is 4.90 Å². The van der Waals surface area contributed by atoms with E-state index in [9.17, 15) is 18.0 Å². The number of nitrogens with zero attached hydrogens (tertiary/aromatic N) is 2. The highest BCUT2D eigenvalue weighted by Gasteiger charge is 2.31. The molecule has 0 aliphatic rings. The van der Waals surface area contributed by atoms with Crippen LogP contribution < -0.4 is 5.73 Å². The van der Waals surface area contributed by atoms with Crippen molar-refractivity contribution in [1.82, 2.24) is 9.88 Å². The van der Waals surface area contributed by atoms with Crippen LogP contribution in [0.25, 0.3) is 0 Å². The van der Waals surface area contributed by atoms with Crippen LogP contribution in [0.2, 0.25) is 0 Å². The highest BCUT2D eigenvalue weighted by Crippen LogP contribution is 2.28. The predicted octanol–water partition coefficient (Wildman–Crippen LogP) is 2.24. The van der Waals surface area contributed by atoms with Crippen LogP contribution in [0.4, 0.5) is 13.2 Å². The van der Waals surface area contributed by atoms with Crippen molar-refractivity contribution in [3.05, 3.63) is 29.6 Å². The summed E-state index contributed by atoms with van der Waals surface area (Å²) < 4.78 is 37.2. The first kappa shape index (κ1) is 16.4. The van der Waals surface area contributed by atoms with Crippen molar-refractivity contribution in [1.29, 1.82) is 0 Å². The molecule has 8 heteroatoms. The van der Waals surface area contributed by atoms with Gasteiger partial charge in [-0.1, -0.05) is 12.2 Å². The van der Waals surface area contributed by atoms with E-state index in [2.05, 4.69) is 4.98 Å². The fourth-order valence-corrected chi connectivity index (χ4v) is 1.63. The van der Waals surface area contributed by atoms with Gasteiger partial charge in [-0.3, -0.25) is 9.78 Å². The minimum absolute atomic E-state index is 0.0501. The van der Waals surface area contributed by atoms with Crippen LogP contribution in [-0.4, -0.2) is 33.4 Å². The number of halogens is 3. The first-order chi connectivity index (χ1) is 9.12. The summed E-state index contributed by atoms with van der Waals surface area (Å²) in [5, 5.41) is 0. The zero-order valence-corrected chi connectivity index (χ0v) is 11.8. The molecule has 0 atom stereocenters. The van der Waals surface area contributed by atoms with Gasteiger partial charge in [0.25, 0.3) is 5.91 Å². The van der Waals surface area contributed by atoms with Gasteiger partial charge in [-0.25, -0.2) is 0 Å². The molecule has 110 valence electrons. The number of carbonyl (C=O) groups excluding carboxylic acids is 1. The number of pyridine rings is 1. The molecule has 1 amide bonds. The molecule has 0 radical (unpaired) electrons. The van der Waals surface area contributed by atoms with Crippen LogP contribution in [0.3, 0.4) is 0 Å². The lowest BCUT2D eigenvalue weighted by Gasteiger charge is -2.25. The van der Waals surface area contributed by atoms with E-state index in [4.69, 9.17) is 18.0 Å². The minimum Gasteiger partial charge on any atom is -0.392 e. The smallest absolute Gasteiger partial charge is 0.392 e. The Bertz CT molecular complexity index is 500. The molecule has 0 aliphatic carbocycles. The Hall–Kier alpha value is -1.70. The van der Waals surface area contributed by atoms with Gasteiger partial charge in [-0.2, -0.15) is 13.2 Å². The Morgan fingerprint density at radius 2 is 2.05 bits per heavy atom. The number of aromatic nitrogens is 1. The molecule has 1 aromatic rings. The van der Waals surface area contributed by atoms with Gasteiger partial charge in [0.15, 0.2) is 0 Å². The second-order valence-corrected chi connectivity index (χ2v) is 4.95. The van der Waals surface area contributed by atoms with Crippen molar-refractivity contribution >= 4 is 23.1 Å². The molecular weight excluding hydrogens is 291 g/mol. The van der Waals surface area contributed by atoms with Crippen molar-refractivity contribution in [3.63, 3.8) is 0 Å². The molecule has 1 rings (SSSR count). The number of hydrogen-bond donors (Lipinski definition) is 1. The first-order valence-electron chi connectivity index (χ1n) is 5.75. The summed E-state index contributed by atoms with van der Waals surface area (Å²) in [4.78, 5) is 17.2. The summed E-state index contributed by atoms with van der Waals surface area (Å²) in [5.74, 6) is -0.512. The second kappa shape index (κ2) is 6.17. The maximum atomic E-state index is 12.4. The van der Waals surface area contributed by atoms with Gasteiger partial charge < -0.3 is 10.6 Å². The molecule has 0 unspecified atom stereocenters. The molecule has 1 aromatic heterocycles. The average molecular weight is 305 g/mol. The highest BCUT2D eigenvalue weighted by molar-refractivity contribution is 7.80. The fraction of sp³-hybridized carbons (Fsp3) is 0.417. The van der Waals surface area contributed by atoms with E-state index < -0.39 is 17.6 Å². The van der Waals surface area contributed by atoms with Gasteiger partial charge in [0.2, 0.25) is 0 Å². The Labute approximate surface area is 119 Å². The number of thiocarbonyl (C=S) groups is 1. The normalized spacial score (nSPS) is 11.5. The van der Waals surface area contributed by atoms with E-state index in [0.29, 0.717) is 6.20 Å². The molecule has 20 heavy (non-hydrogen) atoms. The second-order valence-electron chi connectivity index (χ2n) is 4.42. The zero-order valence-electron chi connectivity index (χ0n) is 10.9. The third-order valence-electron chi connectivity index (χ3n) is 2.52. The molecule has 4 nitrogen and oxygen atoms in total. The summed E-state index contributed by atoms with van der Waals surface area (Å²) in [6, 6.07) is 1.66. The fourth-order valence-electron chi connectivity index (χ4n) is 1.49. The Balaban J connectivity index is 2.98. The van der Waals surface area contributed by atoms with Crippen LogP contribution in [0, 0.1) is 0 Å². The van der Waals surface area contributed by atoms with Gasteiger partial charge in [0.05, 0.1) is 17.1 Å². The topological polar surface area (TPSA) is 59.2 Å². The number of nitrogens with two attached hydrogens (primary N) is 1. The van der Waals surface area contributed by atoms with Gasteiger partial charge in [0.1, 0.15) is 5.69 Å². The molecular formula is C12H14F3N3OS. The van der Waals surface area contributed by atoms with Crippen LogP contribution in [0.5, 0.6) is 0 Å². The number of amides is 1. The zero-order chi connectivity index (χ0) is 15.5. The van der Waals surface area contributed by atoms with Gasteiger partial charge in [-0.05, 0) is 26.0 Å². The standard InChI is InChI=1S/C12H14F3N3OS/c1-7(2)18(6-10(16)20)11(19)9-4-3-8(5-17-9)12(13,14)15/h3-5,7H,6H2,1-2H3,(H2,16,20). The lowest BCUT2D eigenvalue weighted by Crippen LogP contribution is -2.42. The van der Waals surface area contributed by atoms with Crippen molar-refractivity contribution in [2.45, 2.75) is 26.1 Å². The quantitative estimate of drug-likeness (QED) is 0.867. The van der Waals surface area contributed by atoms with Crippen LogP contribution in [-0.2, 0) is 6.18 Å². The number of rotatable bonds is 4. The minimum atomic E-state index is -4.48. The van der Waals surface area contributed by atoms with E-state index in [0.717, 1.165) is 12.1 Å². The highest BCUT2D eigenvalue weighted by atomic mass is 32.1. The lowest BCUT2D eigenvalue weighted by molar-refractivity contribution is -0.137. The summed E-state index contributed by atoms with van der Waals surface area (Å²) in [5.41, 5.74) is 4.41. The van der Waals surface area contributed by atoms with E-state index in [1.54, 1.807) is 13.8 Å². The molecule has 1 heterocycles. The summed E-state index contributed by atoms with van der Waals surface area (Å²) in [6.07, 6.45) is -3.85. The summed E-state index contributed by atoms with van der Waals surface area (Å²) in [6.45, 7) is 3.55. The molecule has 0 bridgehead atoms. The monoisotopic (exact) mass is 305 g/mol. The summed E-state index contributed by atoms with van der Waals surface area (Å²) >= 11 is 4.74. The van der Waals surface area contributed by atoms with Crippen molar-refractivity contribution in [3.8, 4) is 0 Å². The molecule has 0 aliphatic heterocycles. The van der Waals surface area contributed by atoms with Gasteiger partial charge in [0, 0.05) is 12.2 Å². The van der Waals surface area contributed by atoms with Crippen molar-refractivity contribution in [2.24, 2.45) is 5.73 Å². The predicted molar refractivity (Wildman–Crippen MR) is 72.2 cm³/mol. The Morgan fingerprint density at radius 3 is 2.40 bits per heavy atom. The number of carbonyl (C=O) groups is 1. The molecule has 0 saturated heterocycles. The molecule has 0 spiro atoms. The third-order valence-corrected chi connectivity index (χ3v) is 2.65. The van der Waals surface area contributed by atoms with E-state index in [1.807, 2.05) is 0 Å². The molecule has 0 saturated carbocycles. The first-order valence-corrected chi connectivity index (χ1v) is 6.16. The largest absolute Gasteiger partial charge is 0.417 e. The molecule has 0 fully saturated rings. The molecule has 2 N–H and O–H groups in total. The van der Waals surface area contributed by atoms with Gasteiger partial charge >= 0.3 is 6.18 Å². The SMILES string of the molecule is CC(C)N(CC(N)=S)C(=O)c1ccc(C(F)(F)F)cn1. The van der Waals surface area contributed by atoms with Crippen LogP contribution in [0.1, 0.15) is 29.9 Å². The Kier molecular flexibility index (Phi) is 5.04. The maximum Gasteiger partial charge on any atom is 0.417 e. The van der Waals surface area contributed by atoms with Crippen molar-refractivity contribution < 1.29 is 18.0 Å². The van der Waals surface area contributed by atoms with E-state index >= 15 is 0 Å². The molecule has 0 aromatic carbocycles. The van der Waals surface area contributed by atoms with Crippen LogP contribution >= 0.6 is 12.2 Å². The van der Waals surface area contributed by atoms with Crippen molar-refractivity contribution in [2.75, 3.05) is 6.54 Å². The maximum absolute atomic E-state index is 12.4. The lowest BCUT2D eigenvalue weighted by atomic mass is 10.2. The third kappa shape index (κ3) is 4.16. The number of hydrogen-bond acceptors (Lipinski definition) is 3. The number of alkyl halides is 3. The summed E-state index contributed by atoms with van der Waals surface area (Å²) in [7, 11) is 0. The average Bonchev–Trinajstić information content (AvgIpc) is 2.33. The van der Waals surface area contributed by atoms with Gasteiger partial charge in [-0.15, -0.1) is 0 Å². The Morgan fingerprint density at radius 1 is 1.45 bits per heavy atom. The van der Waals surface area contributed by atoms with Crippen LogP contribution in [0.15, 0.2) is 18.3 Å².